The number of thioether (sulfide) groups is 2. The SMILES string of the molecule is CCCCSc1ccc(CSCC(NC(=O)CCC(N)C(=O)O)C(=O)NCC(=O)O)cc1. The van der Waals surface area contributed by atoms with Crippen LogP contribution in [0.3, 0.4) is 0 Å². The predicted octanol–water partition coefficient (Wildman–Crippen LogP) is 1.69. The van der Waals surface area contributed by atoms with Gasteiger partial charge in [-0.2, -0.15) is 11.8 Å². The molecule has 2 atom stereocenters. The van der Waals surface area contributed by atoms with Crippen molar-refractivity contribution in [3.63, 3.8) is 0 Å². The molecule has 0 aliphatic heterocycles. The van der Waals surface area contributed by atoms with Gasteiger partial charge in [0.2, 0.25) is 11.8 Å². The van der Waals surface area contributed by atoms with Crippen molar-refractivity contribution in [3.05, 3.63) is 29.8 Å². The summed E-state index contributed by atoms with van der Waals surface area (Å²) in [4.78, 5) is 47.1. The van der Waals surface area contributed by atoms with Gasteiger partial charge in [0.15, 0.2) is 0 Å². The lowest BCUT2D eigenvalue weighted by molar-refractivity contribution is -0.139. The van der Waals surface area contributed by atoms with Crippen molar-refractivity contribution >= 4 is 47.3 Å². The van der Waals surface area contributed by atoms with Crippen LogP contribution in [-0.2, 0) is 24.9 Å². The summed E-state index contributed by atoms with van der Waals surface area (Å²) in [5.41, 5.74) is 6.46. The van der Waals surface area contributed by atoms with Gasteiger partial charge < -0.3 is 26.6 Å². The van der Waals surface area contributed by atoms with Crippen molar-refractivity contribution in [2.24, 2.45) is 5.73 Å². The van der Waals surface area contributed by atoms with Gasteiger partial charge in [-0.1, -0.05) is 25.5 Å². The van der Waals surface area contributed by atoms with Crippen LogP contribution >= 0.6 is 23.5 Å². The molecule has 2 unspecified atom stereocenters. The zero-order valence-electron chi connectivity index (χ0n) is 18.0. The lowest BCUT2D eigenvalue weighted by atomic mass is 10.1. The molecule has 0 aromatic heterocycles. The second kappa shape index (κ2) is 15.5. The highest BCUT2D eigenvalue weighted by atomic mass is 32.2. The van der Waals surface area contributed by atoms with E-state index in [0.29, 0.717) is 5.75 Å². The molecule has 0 aliphatic carbocycles. The summed E-state index contributed by atoms with van der Waals surface area (Å²) in [6.07, 6.45) is 2.10. The van der Waals surface area contributed by atoms with Gasteiger partial charge in [0.05, 0.1) is 0 Å². The van der Waals surface area contributed by atoms with Gasteiger partial charge in [0, 0.05) is 22.8 Å². The topological polar surface area (TPSA) is 159 Å². The van der Waals surface area contributed by atoms with Crippen LogP contribution < -0.4 is 16.4 Å². The maximum atomic E-state index is 12.3. The fourth-order valence-corrected chi connectivity index (χ4v) is 4.47. The molecule has 0 bridgehead atoms. The van der Waals surface area contributed by atoms with Gasteiger partial charge in [-0.3, -0.25) is 19.2 Å². The number of unbranched alkanes of at least 4 members (excludes halogenated alkanes) is 1. The Morgan fingerprint density at radius 2 is 1.81 bits per heavy atom. The van der Waals surface area contributed by atoms with Crippen molar-refractivity contribution < 1.29 is 29.4 Å². The number of benzene rings is 1. The minimum absolute atomic E-state index is 0.0691. The summed E-state index contributed by atoms with van der Waals surface area (Å²) in [5.74, 6) is -1.62. The molecule has 0 radical (unpaired) electrons. The Balaban J connectivity index is 2.59. The maximum absolute atomic E-state index is 12.3. The molecule has 1 aromatic rings. The highest BCUT2D eigenvalue weighted by Crippen LogP contribution is 2.21. The van der Waals surface area contributed by atoms with Crippen molar-refractivity contribution in [1.29, 1.82) is 0 Å². The predicted molar refractivity (Wildman–Crippen MR) is 126 cm³/mol. The van der Waals surface area contributed by atoms with Crippen LogP contribution in [0.5, 0.6) is 0 Å². The van der Waals surface area contributed by atoms with Crippen molar-refractivity contribution in [3.8, 4) is 0 Å². The highest BCUT2D eigenvalue weighted by molar-refractivity contribution is 7.99. The number of nitrogens with two attached hydrogens (primary N) is 1. The van der Waals surface area contributed by atoms with Crippen molar-refractivity contribution in [2.45, 2.75) is 55.3 Å². The third-order valence-corrected chi connectivity index (χ3v) is 6.51. The van der Waals surface area contributed by atoms with Crippen molar-refractivity contribution in [1.82, 2.24) is 10.6 Å². The van der Waals surface area contributed by atoms with Gasteiger partial charge >= 0.3 is 11.9 Å². The van der Waals surface area contributed by atoms with Crippen LogP contribution in [0, 0.1) is 0 Å². The van der Waals surface area contributed by atoms with E-state index in [1.165, 1.54) is 23.1 Å². The molecular formula is C21H31N3O6S2. The fourth-order valence-electron chi connectivity index (χ4n) is 2.46. The standard InChI is InChI=1S/C21H31N3O6S2/c1-2-3-10-32-15-6-4-14(5-7-15)12-31-13-17(20(28)23-11-19(26)27)24-18(25)9-8-16(22)21(29)30/h4-7,16-17H,2-3,8-13,22H2,1H3,(H,23,28)(H,24,25)(H,26,27)(H,29,30). The van der Waals surface area contributed by atoms with Gasteiger partial charge in [0.25, 0.3) is 0 Å². The fraction of sp³-hybridized carbons (Fsp3) is 0.524. The third kappa shape index (κ3) is 12.0. The van der Waals surface area contributed by atoms with Crippen LogP contribution in [0.25, 0.3) is 0 Å². The molecule has 32 heavy (non-hydrogen) atoms. The average molecular weight is 486 g/mol. The van der Waals surface area contributed by atoms with Crippen LogP contribution in [-0.4, -0.2) is 64.1 Å². The molecule has 0 saturated heterocycles. The first kappa shape index (κ1) is 27.8. The van der Waals surface area contributed by atoms with Crippen molar-refractivity contribution in [2.75, 3.05) is 18.1 Å². The molecule has 11 heteroatoms. The normalized spacial score (nSPS) is 12.6. The van der Waals surface area contributed by atoms with E-state index < -0.39 is 42.4 Å². The zero-order valence-corrected chi connectivity index (χ0v) is 19.7. The molecule has 1 aromatic carbocycles. The van der Waals surface area contributed by atoms with Gasteiger partial charge in [-0.05, 0) is 36.3 Å². The van der Waals surface area contributed by atoms with E-state index in [4.69, 9.17) is 15.9 Å². The lowest BCUT2D eigenvalue weighted by Gasteiger charge is -2.18. The largest absolute Gasteiger partial charge is 0.480 e. The van der Waals surface area contributed by atoms with Gasteiger partial charge in [-0.25, -0.2) is 0 Å². The van der Waals surface area contributed by atoms with E-state index in [0.717, 1.165) is 17.7 Å². The Kier molecular flexibility index (Phi) is 13.5. The zero-order chi connectivity index (χ0) is 23.9. The number of hydrogen-bond acceptors (Lipinski definition) is 7. The third-order valence-electron chi connectivity index (χ3n) is 4.31. The van der Waals surface area contributed by atoms with Gasteiger partial charge in [0.1, 0.15) is 18.6 Å². The number of carbonyl (C=O) groups excluding carboxylic acids is 2. The van der Waals surface area contributed by atoms with E-state index >= 15 is 0 Å². The molecule has 9 nitrogen and oxygen atoms in total. The summed E-state index contributed by atoms with van der Waals surface area (Å²) < 4.78 is 0. The number of carboxylic acid groups (broad SMARTS) is 2. The van der Waals surface area contributed by atoms with E-state index in [2.05, 4.69) is 29.7 Å². The number of hydrogen-bond donors (Lipinski definition) is 5. The first-order chi connectivity index (χ1) is 15.2. The Bertz CT molecular complexity index is 760. The monoisotopic (exact) mass is 485 g/mol. The Morgan fingerprint density at radius 3 is 2.41 bits per heavy atom. The molecule has 2 amide bonds. The summed E-state index contributed by atoms with van der Waals surface area (Å²) in [5, 5.41) is 22.4. The Morgan fingerprint density at radius 1 is 1.12 bits per heavy atom. The number of aliphatic carboxylic acids is 2. The molecule has 1 rings (SSSR count). The Hall–Kier alpha value is -2.24. The minimum Gasteiger partial charge on any atom is -0.480 e. The summed E-state index contributed by atoms with van der Waals surface area (Å²) >= 11 is 3.24. The molecular weight excluding hydrogens is 454 g/mol. The molecule has 0 saturated carbocycles. The minimum atomic E-state index is -1.21. The lowest BCUT2D eigenvalue weighted by Crippen LogP contribution is -2.49. The van der Waals surface area contributed by atoms with E-state index in [1.54, 1.807) is 0 Å². The molecule has 0 aliphatic rings. The first-order valence-electron chi connectivity index (χ1n) is 10.3. The van der Waals surface area contributed by atoms with Crippen LogP contribution in [0.2, 0.25) is 0 Å². The van der Waals surface area contributed by atoms with Crippen LogP contribution in [0.4, 0.5) is 0 Å². The smallest absolute Gasteiger partial charge is 0.322 e. The molecule has 0 heterocycles. The number of carbonyl (C=O) groups is 4. The van der Waals surface area contributed by atoms with E-state index in [1.807, 2.05) is 23.9 Å². The quantitative estimate of drug-likeness (QED) is 0.173. The summed E-state index contributed by atoms with van der Waals surface area (Å²) in [6, 6.07) is 6.04. The van der Waals surface area contributed by atoms with Crippen LogP contribution in [0.1, 0.15) is 38.2 Å². The highest BCUT2D eigenvalue weighted by Gasteiger charge is 2.22. The second-order valence-electron chi connectivity index (χ2n) is 7.08. The molecule has 0 fully saturated rings. The van der Waals surface area contributed by atoms with Crippen LogP contribution in [0.15, 0.2) is 29.2 Å². The summed E-state index contributed by atoms with van der Waals surface area (Å²) in [7, 11) is 0. The Labute approximate surface area is 196 Å². The molecule has 0 spiro atoms. The number of rotatable bonds is 16. The first-order valence-corrected chi connectivity index (χ1v) is 12.4. The van der Waals surface area contributed by atoms with Gasteiger partial charge in [-0.15, -0.1) is 11.8 Å². The number of amides is 2. The molecule has 178 valence electrons. The van der Waals surface area contributed by atoms with E-state index in [-0.39, 0.29) is 18.6 Å². The number of carboxylic acids is 2. The average Bonchev–Trinajstić information content (AvgIpc) is 2.76. The summed E-state index contributed by atoms with van der Waals surface area (Å²) in [6.45, 7) is 1.60. The van der Waals surface area contributed by atoms with E-state index in [9.17, 15) is 19.2 Å². The molecule has 6 N–H and O–H groups in total. The maximum Gasteiger partial charge on any atom is 0.322 e. The second-order valence-corrected chi connectivity index (χ2v) is 9.27. The number of nitrogens with one attached hydrogen (secondary N) is 2.